The van der Waals surface area contributed by atoms with Crippen molar-refractivity contribution in [2.75, 3.05) is 18.5 Å². The van der Waals surface area contributed by atoms with Gasteiger partial charge in [0.25, 0.3) is 11.8 Å². The van der Waals surface area contributed by atoms with Crippen molar-refractivity contribution in [3.8, 4) is 5.75 Å². The fourth-order valence-corrected chi connectivity index (χ4v) is 1.92. The molecule has 0 aliphatic rings. The molecule has 0 saturated heterocycles. The first-order valence-corrected chi connectivity index (χ1v) is 7.47. The van der Waals surface area contributed by atoms with Crippen LogP contribution in [0.25, 0.3) is 0 Å². The number of amides is 2. The van der Waals surface area contributed by atoms with Gasteiger partial charge in [-0.2, -0.15) is 13.2 Å². The zero-order valence-electron chi connectivity index (χ0n) is 13.6. The van der Waals surface area contributed by atoms with Crippen molar-refractivity contribution >= 4 is 17.5 Å². The standard InChI is InChI=1S/C17H13F5N2O3/c18-11-3-6-14(13(19)7-11)27-8-15(25)24-12-4-1-10(2-5-12)16(26)23-9-17(20,21)22/h1-7H,8-9H2,(H,23,26)(H,24,25). The molecule has 0 aliphatic heterocycles. The fourth-order valence-electron chi connectivity index (χ4n) is 1.92. The number of carbonyl (C=O) groups excluding carboxylic acids is 2. The van der Waals surface area contributed by atoms with Crippen molar-refractivity contribution < 1.29 is 36.3 Å². The van der Waals surface area contributed by atoms with E-state index in [2.05, 4.69) is 5.32 Å². The summed E-state index contributed by atoms with van der Waals surface area (Å²) in [6.45, 7) is -2.02. The topological polar surface area (TPSA) is 67.4 Å². The van der Waals surface area contributed by atoms with E-state index in [1.54, 1.807) is 5.32 Å². The zero-order chi connectivity index (χ0) is 20.0. The van der Waals surface area contributed by atoms with Gasteiger partial charge in [-0.15, -0.1) is 0 Å². The van der Waals surface area contributed by atoms with Crippen molar-refractivity contribution in [3.05, 3.63) is 59.7 Å². The quantitative estimate of drug-likeness (QED) is 0.747. The second kappa shape index (κ2) is 8.47. The number of alkyl halides is 3. The van der Waals surface area contributed by atoms with Crippen LogP contribution in [-0.4, -0.2) is 31.1 Å². The monoisotopic (exact) mass is 388 g/mol. The Hall–Kier alpha value is -3.17. The van der Waals surface area contributed by atoms with Gasteiger partial charge in [0, 0.05) is 17.3 Å². The lowest BCUT2D eigenvalue weighted by molar-refractivity contribution is -0.123. The molecule has 2 aromatic rings. The third-order valence-electron chi connectivity index (χ3n) is 3.13. The Morgan fingerprint density at radius 3 is 2.26 bits per heavy atom. The van der Waals surface area contributed by atoms with Crippen LogP contribution >= 0.6 is 0 Å². The van der Waals surface area contributed by atoms with Crippen LogP contribution in [0.2, 0.25) is 0 Å². The van der Waals surface area contributed by atoms with E-state index in [9.17, 15) is 31.5 Å². The Bertz CT molecular complexity index is 822. The Morgan fingerprint density at radius 2 is 1.67 bits per heavy atom. The average Bonchev–Trinajstić information content (AvgIpc) is 2.59. The number of hydrogen-bond donors (Lipinski definition) is 2. The first kappa shape index (κ1) is 20.1. The smallest absolute Gasteiger partial charge is 0.405 e. The molecule has 0 bridgehead atoms. The van der Waals surface area contributed by atoms with Gasteiger partial charge in [-0.1, -0.05) is 0 Å². The minimum absolute atomic E-state index is 0.0260. The Morgan fingerprint density at radius 1 is 1.00 bits per heavy atom. The lowest BCUT2D eigenvalue weighted by Crippen LogP contribution is -2.33. The molecule has 0 spiro atoms. The first-order valence-electron chi connectivity index (χ1n) is 7.47. The highest BCUT2D eigenvalue weighted by Crippen LogP contribution is 2.18. The van der Waals surface area contributed by atoms with E-state index < -0.39 is 42.8 Å². The van der Waals surface area contributed by atoms with E-state index in [0.717, 1.165) is 12.1 Å². The molecule has 0 heterocycles. The number of ether oxygens (including phenoxy) is 1. The predicted octanol–water partition coefficient (Wildman–Crippen LogP) is 3.27. The Balaban J connectivity index is 1.86. The van der Waals surface area contributed by atoms with Crippen molar-refractivity contribution in [2.45, 2.75) is 6.18 Å². The number of hydrogen-bond acceptors (Lipinski definition) is 3. The van der Waals surface area contributed by atoms with Crippen LogP contribution in [0.15, 0.2) is 42.5 Å². The van der Waals surface area contributed by atoms with Gasteiger partial charge in [0.05, 0.1) is 0 Å². The van der Waals surface area contributed by atoms with Gasteiger partial charge in [0.15, 0.2) is 18.2 Å². The zero-order valence-corrected chi connectivity index (χ0v) is 13.6. The van der Waals surface area contributed by atoms with Gasteiger partial charge in [0.1, 0.15) is 12.4 Å². The lowest BCUT2D eigenvalue weighted by atomic mass is 10.2. The summed E-state index contributed by atoms with van der Waals surface area (Å²) in [4.78, 5) is 23.3. The summed E-state index contributed by atoms with van der Waals surface area (Å²) in [5.74, 6) is -3.63. The highest BCUT2D eigenvalue weighted by molar-refractivity contribution is 5.96. The van der Waals surface area contributed by atoms with Gasteiger partial charge < -0.3 is 15.4 Å². The minimum atomic E-state index is -4.52. The molecule has 144 valence electrons. The highest BCUT2D eigenvalue weighted by Gasteiger charge is 2.27. The minimum Gasteiger partial charge on any atom is -0.481 e. The second-order valence-electron chi connectivity index (χ2n) is 5.29. The van der Waals surface area contributed by atoms with Crippen LogP contribution in [0, 0.1) is 11.6 Å². The molecule has 0 unspecified atom stereocenters. The molecule has 0 saturated carbocycles. The molecule has 2 aromatic carbocycles. The number of halogens is 5. The summed E-state index contributed by atoms with van der Waals surface area (Å²) >= 11 is 0. The van der Waals surface area contributed by atoms with Crippen LogP contribution < -0.4 is 15.4 Å². The van der Waals surface area contributed by atoms with E-state index in [1.165, 1.54) is 24.3 Å². The number of anilines is 1. The molecule has 0 aromatic heterocycles. The number of carbonyl (C=O) groups is 2. The molecule has 5 nitrogen and oxygen atoms in total. The van der Waals surface area contributed by atoms with Crippen LogP contribution in [0.3, 0.4) is 0 Å². The molecule has 0 atom stereocenters. The van der Waals surface area contributed by atoms with Crippen LogP contribution in [0.4, 0.5) is 27.6 Å². The van der Waals surface area contributed by atoms with E-state index in [1.807, 2.05) is 0 Å². The van der Waals surface area contributed by atoms with Gasteiger partial charge in [-0.05, 0) is 36.4 Å². The summed E-state index contributed by atoms with van der Waals surface area (Å²) in [5, 5.41) is 4.11. The van der Waals surface area contributed by atoms with Crippen LogP contribution in [0.5, 0.6) is 5.75 Å². The summed E-state index contributed by atoms with van der Waals surface area (Å²) in [7, 11) is 0. The number of rotatable bonds is 6. The third kappa shape index (κ3) is 6.57. The van der Waals surface area contributed by atoms with Crippen molar-refractivity contribution in [1.82, 2.24) is 5.32 Å². The second-order valence-corrected chi connectivity index (χ2v) is 5.29. The van der Waals surface area contributed by atoms with Gasteiger partial charge in [0.2, 0.25) is 0 Å². The maximum Gasteiger partial charge on any atom is 0.405 e. The predicted molar refractivity (Wildman–Crippen MR) is 85.3 cm³/mol. The third-order valence-corrected chi connectivity index (χ3v) is 3.13. The van der Waals surface area contributed by atoms with E-state index >= 15 is 0 Å². The van der Waals surface area contributed by atoms with Gasteiger partial charge in [-0.3, -0.25) is 9.59 Å². The molecule has 2 rings (SSSR count). The lowest BCUT2D eigenvalue weighted by Gasteiger charge is -2.10. The first-order chi connectivity index (χ1) is 12.6. The molecule has 0 radical (unpaired) electrons. The fraction of sp³-hybridized carbons (Fsp3) is 0.176. The summed E-state index contributed by atoms with van der Waals surface area (Å²) in [6, 6.07) is 7.67. The summed E-state index contributed by atoms with van der Waals surface area (Å²) in [5.41, 5.74) is 0.220. The van der Waals surface area contributed by atoms with Crippen molar-refractivity contribution in [2.24, 2.45) is 0 Å². The molecule has 2 amide bonds. The maximum absolute atomic E-state index is 13.4. The highest BCUT2D eigenvalue weighted by atomic mass is 19.4. The Kier molecular flexibility index (Phi) is 6.32. The summed E-state index contributed by atoms with van der Waals surface area (Å²) < 4.78 is 67.3. The molecule has 0 fully saturated rings. The molecular weight excluding hydrogens is 375 g/mol. The SMILES string of the molecule is O=C(COc1ccc(F)cc1F)Nc1ccc(C(=O)NCC(F)(F)F)cc1. The molecule has 0 aliphatic carbocycles. The normalized spacial score (nSPS) is 11.0. The van der Waals surface area contributed by atoms with E-state index in [-0.39, 0.29) is 17.0 Å². The van der Waals surface area contributed by atoms with Gasteiger partial charge >= 0.3 is 6.18 Å². The van der Waals surface area contributed by atoms with Crippen LogP contribution in [-0.2, 0) is 4.79 Å². The number of nitrogens with one attached hydrogen (secondary N) is 2. The molecule has 10 heteroatoms. The van der Waals surface area contributed by atoms with E-state index in [0.29, 0.717) is 6.07 Å². The van der Waals surface area contributed by atoms with Crippen molar-refractivity contribution in [1.29, 1.82) is 0 Å². The average molecular weight is 388 g/mol. The van der Waals surface area contributed by atoms with Gasteiger partial charge in [-0.25, -0.2) is 8.78 Å². The molecule has 27 heavy (non-hydrogen) atoms. The largest absolute Gasteiger partial charge is 0.481 e. The van der Waals surface area contributed by atoms with Crippen LogP contribution in [0.1, 0.15) is 10.4 Å². The Labute approximate surface area is 150 Å². The molecule has 2 N–H and O–H groups in total. The maximum atomic E-state index is 13.4. The molecular formula is C17H13F5N2O3. The van der Waals surface area contributed by atoms with E-state index in [4.69, 9.17) is 4.74 Å². The van der Waals surface area contributed by atoms with Crippen molar-refractivity contribution in [3.63, 3.8) is 0 Å². The number of benzene rings is 2. The summed E-state index contributed by atoms with van der Waals surface area (Å²) in [6.07, 6.45) is -4.52.